The highest BCUT2D eigenvalue weighted by Gasteiger charge is 2.11. The summed E-state index contributed by atoms with van der Waals surface area (Å²) >= 11 is 16.7. The van der Waals surface area contributed by atoms with Gasteiger partial charge >= 0.3 is 0 Å². The van der Waals surface area contributed by atoms with Gasteiger partial charge in [-0.1, -0.05) is 66.3 Å². The largest absolute Gasteiger partial charge is 0.323 e. The van der Waals surface area contributed by atoms with E-state index in [9.17, 15) is 0 Å². The number of nitrogens with one attached hydrogen (secondary N) is 2. The van der Waals surface area contributed by atoms with Gasteiger partial charge in [0, 0.05) is 10.6 Å². The van der Waals surface area contributed by atoms with Crippen LogP contribution < -0.4 is 0 Å². The first kappa shape index (κ1) is 16.1. The van der Waals surface area contributed by atoms with Crippen LogP contribution in [0.3, 0.4) is 0 Å². The van der Waals surface area contributed by atoms with Crippen molar-refractivity contribution in [1.29, 1.82) is 0 Å². The number of aromatic nitrogens is 3. The molecular formula is C19H12ClN3S2. The second-order valence-electron chi connectivity index (χ2n) is 5.56. The highest BCUT2D eigenvalue weighted by molar-refractivity contribution is 7.72. The molecule has 0 radical (unpaired) electrons. The summed E-state index contributed by atoms with van der Waals surface area (Å²) in [5.41, 5.74) is 4.54. The highest BCUT2D eigenvalue weighted by Crippen LogP contribution is 2.32. The van der Waals surface area contributed by atoms with Crippen LogP contribution >= 0.6 is 36.0 Å². The van der Waals surface area contributed by atoms with Gasteiger partial charge in [-0.15, -0.1) is 0 Å². The first-order valence-corrected chi connectivity index (χ1v) is 8.80. The van der Waals surface area contributed by atoms with Crippen molar-refractivity contribution in [3.8, 4) is 22.4 Å². The normalized spacial score (nSPS) is 10.9. The fourth-order valence-corrected chi connectivity index (χ4v) is 3.48. The minimum atomic E-state index is 0.456. The van der Waals surface area contributed by atoms with Gasteiger partial charge < -0.3 is 9.97 Å². The van der Waals surface area contributed by atoms with Crippen molar-refractivity contribution in [2.24, 2.45) is 0 Å². The monoisotopic (exact) mass is 381 g/mol. The van der Waals surface area contributed by atoms with E-state index in [-0.39, 0.29) is 0 Å². The van der Waals surface area contributed by atoms with Crippen molar-refractivity contribution >= 4 is 47.1 Å². The topological polar surface area (TPSA) is 44.5 Å². The molecule has 0 atom stereocenters. The molecule has 3 nitrogen and oxygen atoms in total. The summed E-state index contributed by atoms with van der Waals surface area (Å²) < 4.78 is 1.03. The number of halogens is 1. The molecule has 0 fully saturated rings. The van der Waals surface area contributed by atoms with Crippen LogP contribution in [0.25, 0.3) is 33.4 Å². The lowest BCUT2D eigenvalue weighted by molar-refractivity contribution is 1.14. The van der Waals surface area contributed by atoms with E-state index in [0.717, 1.165) is 27.8 Å². The average molecular weight is 382 g/mol. The molecule has 2 aromatic carbocycles. The fraction of sp³-hybridized carbons (Fsp3) is 0. The number of hydrogen-bond acceptors (Lipinski definition) is 3. The molecule has 0 aliphatic heterocycles. The molecule has 0 saturated heterocycles. The Hall–Kier alpha value is -2.34. The maximum atomic E-state index is 6.00. The predicted molar refractivity (Wildman–Crippen MR) is 108 cm³/mol. The fourth-order valence-electron chi connectivity index (χ4n) is 2.78. The Morgan fingerprint density at radius 2 is 1.56 bits per heavy atom. The molecule has 0 saturated carbocycles. The lowest BCUT2D eigenvalue weighted by Crippen LogP contribution is -1.95. The van der Waals surface area contributed by atoms with Crippen molar-refractivity contribution in [3.63, 3.8) is 0 Å². The molecule has 0 spiro atoms. The number of hydrogen-bond donors (Lipinski definition) is 2. The molecule has 122 valence electrons. The van der Waals surface area contributed by atoms with Crippen LogP contribution in [0.1, 0.15) is 0 Å². The predicted octanol–water partition coefficient (Wildman–Crippen LogP) is 6.34. The summed E-state index contributed by atoms with van der Waals surface area (Å²) in [5, 5.41) is 1.54. The molecule has 2 aromatic heterocycles. The summed E-state index contributed by atoms with van der Waals surface area (Å²) in [6, 6.07) is 19.7. The van der Waals surface area contributed by atoms with Crippen LogP contribution in [0.5, 0.6) is 0 Å². The number of pyridine rings is 1. The smallest absolute Gasteiger partial charge is 0.177 e. The lowest BCUT2D eigenvalue weighted by atomic mass is 10.0. The zero-order valence-electron chi connectivity index (χ0n) is 12.9. The number of benzene rings is 2. The number of aromatic amines is 2. The molecule has 2 heterocycles. The van der Waals surface area contributed by atoms with E-state index in [1.165, 1.54) is 0 Å². The zero-order chi connectivity index (χ0) is 17.4. The van der Waals surface area contributed by atoms with Gasteiger partial charge in [-0.05, 0) is 41.5 Å². The van der Waals surface area contributed by atoms with Gasteiger partial charge in [0.1, 0.15) is 10.3 Å². The number of fused-ring (bicyclic) bond motifs is 1. The van der Waals surface area contributed by atoms with E-state index < -0.39 is 0 Å². The molecule has 25 heavy (non-hydrogen) atoms. The van der Waals surface area contributed by atoms with Crippen molar-refractivity contribution in [2.75, 3.05) is 0 Å². The molecule has 4 aromatic rings. The third-order valence-electron chi connectivity index (χ3n) is 3.93. The Morgan fingerprint density at radius 1 is 0.840 bits per heavy atom. The Kier molecular flexibility index (Phi) is 4.21. The third-order valence-corrected chi connectivity index (χ3v) is 4.69. The number of H-pyrrole nitrogens is 2. The standard InChI is InChI=1S/C19H12ClN3S2/c20-13-8-6-12(7-9-13)15-10-14(11-4-2-1-3-5-11)16-17(21-15)22-19(25)23-18(16)24/h1-10H,(H2,21,22,23,24,25). The van der Waals surface area contributed by atoms with E-state index in [2.05, 4.69) is 22.1 Å². The minimum Gasteiger partial charge on any atom is -0.323 e. The van der Waals surface area contributed by atoms with Gasteiger partial charge in [0.15, 0.2) is 4.77 Å². The Labute approximate surface area is 159 Å². The van der Waals surface area contributed by atoms with Crippen molar-refractivity contribution in [1.82, 2.24) is 15.0 Å². The van der Waals surface area contributed by atoms with Crippen molar-refractivity contribution in [2.45, 2.75) is 0 Å². The molecule has 0 unspecified atom stereocenters. The summed E-state index contributed by atoms with van der Waals surface area (Å²) in [5.74, 6) is 0. The molecule has 0 amide bonds. The minimum absolute atomic E-state index is 0.456. The van der Waals surface area contributed by atoms with Crippen LogP contribution in [0, 0.1) is 9.41 Å². The van der Waals surface area contributed by atoms with E-state index >= 15 is 0 Å². The van der Waals surface area contributed by atoms with Gasteiger partial charge in [0.25, 0.3) is 0 Å². The molecule has 0 aliphatic carbocycles. The van der Waals surface area contributed by atoms with Crippen molar-refractivity contribution < 1.29 is 0 Å². The first-order valence-electron chi connectivity index (χ1n) is 7.60. The Morgan fingerprint density at radius 3 is 2.28 bits per heavy atom. The van der Waals surface area contributed by atoms with E-state index in [1.807, 2.05) is 48.5 Å². The average Bonchev–Trinajstić information content (AvgIpc) is 2.62. The van der Waals surface area contributed by atoms with Crippen LogP contribution in [0.2, 0.25) is 5.02 Å². The van der Waals surface area contributed by atoms with Gasteiger partial charge in [-0.2, -0.15) is 0 Å². The van der Waals surface area contributed by atoms with Gasteiger partial charge in [0.2, 0.25) is 0 Å². The molecule has 0 aliphatic rings. The summed E-state index contributed by atoms with van der Waals surface area (Å²) in [6.45, 7) is 0. The quantitative estimate of drug-likeness (QED) is 0.398. The van der Waals surface area contributed by atoms with Crippen LogP contribution in [-0.2, 0) is 0 Å². The number of rotatable bonds is 2. The second-order valence-corrected chi connectivity index (χ2v) is 6.81. The van der Waals surface area contributed by atoms with Crippen molar-refractivity contribution in [3.05, 3.63) is 75.1 Å². The zero-order valence-corrected chi connectivity index (χ0v) is 15.3. The number of nitrogens with zero attached hydrogens (tertiary/aromatic N) is 1. The van der Waals surface area contributed by atoms with Crippen LogP contribution in [-0.4, -0.2) is 15.0 Å². The van der Waals surface area contributed by atoms with Crippen LogP contribution in [0.15, 0.2) is 60.7 Å². The molecule has 6 heteroatoms. The molecule has 0 bridgehead atoms. The van der Waals surface area contributed by atoms with Gasteiger partial charge in [-0.3, -0.25) is 0 Å². The van der Waals surface area contributed by atoms with E-state index in [0.29, 0.717) is 20.1 Å². The van der Waals surface area contributed by atoms with E-state index in [4.69, 9.17) is 41.0 Å². The van der Waals surface area contributed by atoms with Gasteiger partial charge in [0.05, 0.1) is 11.1 Å². The maximum Gasteiger partial charge on any atom is 0.177 e. The Balaban J connectivity index is 2.09. The lowest BCUT2D eigenvalue weighted by Gasteiger charge is -2.10. The second kappa shape index (κ2) is 6.52. The summed E-state index contributed by atoms with van der Waals surface area (Å²) in [7, 11) is 0. The highest BCUT2D eigenvalue weighted by atomic mass is 35.5. The molecular weight excluding hydrogens is 370 g/mol. The molecule has 2 N–H and O–H groups in total. The maximum absolute atomic E-state index is 6.00. The van der Waals surface area contributed by atoms with Crippen LogP contribution in [0.4, 0.5) is 0 Å². The summed E-state index contributed by atoms with van der Waals surface area (Å²) in [6.07, 6.45) is 0. The SMILES string of the molecule is S=c1[nH]c(=S)c2c(-c3ccccc3)cc(-c3ccc(Cl)cc3)nc2[nH]1. The Bertz CT molecular complexity index is 1180. The van der Waals surface area contributed by atoms with Gasteiger partial charge in [-0.25, -0.2) is 4.98 Å². The first-order chi connectivity index (χ1) is 12.1. The summed E-state index contributed by atoms with van der Waals surface area (Å²) in [4.78, 5) is 10.9. The third kappa shape index (κ3) is 3.14. The molecule has 4 rings (SSSR count). The van der Waals surface area contributed by atoms with E-state index in [1.54, 1.807) is 0 Å².